The first kappa shape index (κ1) is 18.3. The van der Waals surface area contributed by atoms with E-state index in [2.05, 4.69) is 36.3 Å². The summed E-state index contributed by atoms with van der Waals surface area (Å²) in [6, 6.07) is 7.20. The van der Waals surface area contributed by atoms with Crippen LogP contribution < -0.4 is 10.9 Å². The van der Waals surface area contributed by atoms with E-state index in [1.165, 1.54) is 10.9 Å². The van der Waals surface area contributed by atoms with Crippen LogP contribution in [0.3, 0.4) is 0 Å². The van der Waals surface area contributed by atoms with Crippen LogP contribution in [-0.4, -0.2) is 30.2 Å². The maximum atomic E-state index is 12.6. The highest BCUT2D eigenvalue weighted by molar-refractivity contribution is 9.10. The van der Waals surface area contributed by atoms with Crippen molar-refractivity contribution in [3.8, 4) is 0 Å². The molecule has 28 heavy (non-hydrogen) atoms. The molecule has 0 bridgehead atoms. The zero-order valence-electron chi connectivity index (χ0n) is 15.3. The Labute approximate surface area is 168 Å². The van der Waals surface area contributed by atoms with Crippen molar-refractivity contribution in [2.45, 2.75) is 19.9 Å². The number of aromatic nitrogens is 5. The predicted octanol–water partition coefficient (Wildman–Crippen LogP) is 2.78. The number of amides is 1. The van der Waals surface area contributed by atoms with E-state index in [-0.39, 0.29) is 24.4 Å². The van der Waals surface area contributed by atoms with Gasteiger partial charge in [0.1, 0.15) is 0 Å². The van der Waals surface area contributed by atoms with Gasteiger partial charge in [0.15, 0.2) is 5.65 Å². The second-order valence-corrected chi connectivity index (χ2v) is 7.42. The molecule has 1 aromatic carbocycles. The highest BCUT2D eigenvalue weighted by Crippen LogP contribution is 2.19. The number of aryl methyl sites for hydroxylation is 3. The van der Waals surface area contributed by atoms with Gasteiger partial charge < -0.3 is 5.32 Å². The van der Waals surface area contributed by atoms with E-state index in [9.17, 15) is 9.59 Å². The summed E-state index contributed by atoms with van der Waals surface area (Å²) in [6.07, 6.45) is 3.21. The SMILES string of the molecule is Cc1nn(C)c2ncc(NC(=O)CCn3cnc4ccc(Br)cc4c3=O)cc12. The number of carbonyl (C=O) groups excluding carboxylic acids is 1. The predicted molar refractivity (Wildman–Crippen MR) is 110 cm³/mol. The fourth-order valence-electron chi connectivity index (χ4n) is 3.11. The highest BCUT2D eigenvalue weighted by atomic mass is 79.9. The quantitative estimate of drug-likeness (QED) is 0.526. The Bertz CT molecular complexity index is 1280. The van der Waals surface area contributed by atoms with Gasteiger partial charge in [-0.15, -0.1) is 0 Å². The van der Waals surface area contributed by atoms with Gasteiger partial charge in [-0.3, -0.25) is 18.8 Å². The van der Waals surface area contributed by atoms with Gasteiger partial charge in [0.05, 0.1) is 34.8 Å². The van der Waals surface area contributed by atoms with Gasteiger partial charge in [0, 0.05) is 29.9 Å². The van der Waals surface area contributed by atoms with Crippen LogP contribution in [0, 0.1) is 6.92 Å². The lowest BCUT2D eigenvalue weighted by Crippen LogP contribution is -2.23. The van der Waals surface area contributed by atoms with Crippen LogP contribution in [0.1, 0.15) is 12.1 Å². The summed E-state index contributed by atoms with van der Waals surface area (Å²) >= 11 is 3.36. The molecule has 0 aliphatic carbocycles. The zero-order chi connectivity index (χ0) is 19.8. The minimum absolute atomic E-state index is 0.144. The number of hydrogen-bond donors (Lipinski definition) is 1. The summed E-state index contributed by atoms with van der Waals surface area (Å²) in [5.74, 6) is -0.205. The average molecular weight is 441 g/mol. The van der Waals surface area contributed by atoms with E-state index in [4.69, 9.17) is 0 Å². The monoisotopic (exact) mass is 440 g/mol. The maximum absolute atomic E-state index is 12.6. The fraction of sp³-hybridized carbons (Fsp3) is 0.211. The summed E-state index contributed by atoms with van der Waals surface area (Å²) < 4.78 is 3.96. The Morgan fingerprint density at radius 3 is 2.86 bits per heavy atom. The number of nitrogens with zero attached hydrogens (tertiary/aromatic N) is 5. The van der Waals surface area contributed by atoms with E-state index >= 15 is 0 Å². The third-order valence-corrected chi connectivity index (χ3v) is 5.01. The second-order valence-electron chi connectivity index (χ2n) is 6.51. The molecule has 142 valence electrons. The van der Waals surface area contributed by atoms with Crippen molar-refractivity contribution < 1.29 is 4.79 Å². The molecular formula is C19H17BrN6O2. The molecule has 0 radical (unpaired) electrons. The molecule has 0 spiro atoms. The Morgan fingerprint density at radius 2 is 2.04 bits per heavy atom. The van der Waals surface area contributed by atoms with Crippen LogP contribution >= 0.6 is 15.9 Å². The van der Waals surface area contributed by atoms with E-state index in [1.807, 2.05) is 26.1 Å². The lowest BCUT2D eigenvalue weighted by Gasteiger charge is -2.08. The summed E-state index contributed by atoms with van der Waals surface area (Å²) in [4.78, 5) is 33.6. The van der Waals surface area contributed by atoms with Crippen molar-refractivity contribution in [1.29, 1.82) is 0 Å². The van der Waals surface area contributed by atoms with E-state index in [0.29, 0.717) is 16.6 Å². The first-order valence-corrected chi connectivity index (χ1v) is 9.45. The number of carbonyl (C=O) groups is 1. The minimum Gasteiger partial charge on any atom is -0.325 e. The van der Waals surface area contributed by atoms with Crippen molar-refractivity contribution in [1.82, 2.24) is 24.3 Å². The number of nitrogens with one attached hydrogen (secondary N) is 1. The molecule has 4 rings (SSSR count). The molecule has 3 heterocycles. The highest BCUT2D eigenvalue weighted by Gasteiger charge is 2.10. The molecule has 1 N–H and O–H groups in total. The van der Waals surface area contributed by atoms with Crippen LogP contribution in [-0.2, 0) is 18.4 Å². The van der Waals surface area contributed by atoms with Crippen LogP contribution in [0.2, 0.25) is 0 Å². The molecule has 9 heteroatoms. The molecule has 1 amide bonds. The number of fused-ring (bicyclic) bond motifs is 2. The molecular weight excluding hydrogens is 424 g/mol. The summed E-state index contributed by atoms with van der Waals surface area (Å²) in [7, 11) is 1.83. The van der Waals surface area contributed by atoms with E-state index < -0.39 is 0 Å². The second kappa shape index (κ2) is 7.16. The molecule has 0 atom stereocenters. The van der Waals surface area contributed by atoms with Crippen LogP contribution in [0.15, 0.2) is 46.1 Å². The normalized spacial score (nSPS) is 11.2. The summed E-state index contributed by atoms with van der Waals surface area (Å²) in [6.45, 7) is 2.13. The number of anilines is 1. The fourth-order valence-corrected chi connectivity index (χ4v) is 3.47. The Kier molecular flexibility index (Phi) is 4.68. The standard InChI is InChI=1S/C19H17BrN6O2/c1-11-14-8-13(9-21-18(14)25(2)24-11)23-17(27)5-6-26-10-22-16-4-3-12(20)7-15(16)19(26)28/h3-4,7-10H,5-6H2,1-2H3,(H,23,27). The van der Waals surface area contributed by atoms with Gasteiger partial charge in [0.25, 0.3) is 5.56 Å². The lowest BCUT2D eigenvalue weighted by atomic mass is 10.2. The largest absolute Gasteiger partial charge is 0.325 e. The van der Waals surface area contributed by atoms with Gasteiger partial charge in [-0.25, -0.2) is 9.97 Å². The van der Waals surface area contributed by atoms with Crippen LogP contribution in [0.25, 0.3) is 21.9 Å². The van der Waals surface area contributed by atoms with Gasteiger partial charge >= 0.3 is 0 Å². The minimum atomic E-state index is -0.205. The van der Waals surface area contributed by atoms with Crippen molar-refractivity contribution in [3.05, 3.63) is 57.3 Å². The molecule has 0 aliphatic rings. The number of halogens is 1. The van der Waals surface area contributed by atoms with Crippen LogP contribution in [0.5, 0.6) is 0 Å². The van der Waals surface area contributed by atoms with Crippen LogP contribution in [0.4, 0.5) is 5.69 Å². The van der Waals surface area contributed by atoms with Gasteiger partial charge in [-0.05, 0) is 31.2 Å². The average Bonchev–Trinajstić information content (AvgIpc) is 2.95. The molecule has 0 saturated carbocycles. The number of benzene rings is 1. The Morgan fingerprint density at radius 1 is 1.21 bits per heavy atom. The zero-order valence-corrected chi connectivity index (χ0v) is 16.9. The van der Waals surface area contributed by atoms with E-state index in [0.717, 1.165) is 21.2 Å². The topological polar surface area (TPSA) is 94.7 Å². The maximum Gasteiger partial charge on any atom is 0.261 e. The van der Waals surface area contributed by atoms with E-state index in [1.54, 1.807) is 23.0 Å². The Hall–Kier alpha value is -3.07. The molecule has 0 unspecified atom stereocenters. The summed E-state index contributed by atoms with van der Waals surface area (Å²) in [5, 5.41) is 8.55. The smallest absolute Gasteiger partial charge is 0.261 e. The third-order valence-electron chi connectivity index (χ3n) is 4.51. The molecule has 8 nitrogen and oxygen atoms in total. The molecule has 4 aromatic rings. The number of hydrogen-bond acceptors (Lipinski definition) is 5. The number of pyridine rings is 1. The third kappa shape index (κ3) is 3.40. The van der Waals surface area contributed by atoms with Gasteiger partial charge in [0.2, 0.25) is 5.91 Å². The van der Waals surface area contributed by atoms with Gasteiger partial charge in [-0.2, -0.15) is 5.10 Å². The molecule has 0 saturated heterocycles. The van der Waals surface area contributed by atoms with Crippen molar-refractivity contribution in [2.75, 3.05) is 5.32 Å². The number of rotatable bonds is 4. The van der Waals surface area contributed by atoms with Crippen molar-refractivity contribution >= 4 is 49.5 Å². The van der Waals surface area contributed by atoms with Gasteiger partial charge in [-0.1, -0.05) is 15.9 Å². The first-order chi connectivity index (χ1) is 13.4. The van der Waals surface area contributed by atoms with Crippen molar-refractivity contribution in [3.63, 3.8) is 0 Å². The summed E-state index contributed by atoms with van der Waals surface area (Å²) in [5.41, 5.74) is 2.66. The molecule has 0 aliphatic heterocycles. The first-order valence-electron chi connectivity index (χ1n) is 8.66. The Balaban J connectivity index is 1.49. The molecule has 3 aromatic heterocycles. The molecule has 0 fully saturated rings. The van der Waals surface area contributed by atoms with Crippen molar-refractivity contribution in [2.24, 2.45) is 7.05 Å². The lowest BCUT2D eigenvalue weighted by molar-refractivity contribution is -0.116.